The number of amides is 2. The maximum absolute atomic E-state index is 13.5. The summed E-state index contributed by atoms with van der Waals surface area (Å²) in [6.45, 7) is 4.80. The van der Waals surface area contributed by atoms with Crippen molar-refractivity contribution in [3.63, 3.8) is 0 Å². The van der Waals surface area contributed by atoms with Gasteiger partial charge in [-0.2, -0.15) is 0 Å². The molecule has 8 nitrogen and oxygen atoms in total. The van der Waals surface area contributed by atoms with Crippen LogP contribution in [0.2, 0.25) is 0 Å². The van der Waals surface area contributed by atoms with Gasteiger partial charge < -0.3 is 24.1 Å². The molecule has 8 heteroatoms. The average Bonchev–Trinajstić information content (AvgIpc) is 3.57. The Morgan fingerprint density at radius 2 is 1.40 bits per heavy atom. The molecule has 2 amide bonds. The fraction of sp³-hybridized carbons (Fsp3) is 0.286. The number of furan rings is 1. The smallest absolute Gasteiger partial charge is 0.329 e. The molecule has 1 N–H and O–H groups in total. The van der Waals surface area contributed by atoms with E-state index in [0.29, 0.717) is 6.54 Å². The highest BCUT2D eigenvalue weighted by Gasteiger charge is 2.26. The van der Waals surface area contributed by atoms with Gasteiger partial charge in [0.25, 0.3) is 0 Å². The highest BCUT2D eigenvalue weighted by Crippen LogP contribution is 2.21. The van der Waals surface area contributed by atoms with Crippen molar-refractivity contribution in [1.29, 1.82) is 0 Å². The SMILES string of the molecule is CC(C)CN(CCC(=O)OCc1ccccc1)C(=O)N[C@@H](Cc1ccc(-c2ccoc2)cc1)C(=O)OCc1ccccc1. The van der Waals surface area contributed by atoms with E-state index in [1.54, 1.807) is 17.4 Å². The van der Waals surface area contributed by atoms with Gasteiger partial charge in [0.2, 0.25) is 0 Å². The third-order valence-electron chi connectivity index (χ3n) is 6.76. The van der Waals surface area contributed by atoms with E-state index in [4.69, 9.17) is 13.9 Å². The van der Waals surface area contributed by atoms with E-state index in [-0.39, 0.29) is 38.5 Å². The molecule has 224 valence electrons. The van der Waals surface area contributed by atoms with Gasteiger partial charge >= 0.3 is 18.0 Å². The summed E-state index contributed by atoms with van der Waals surface area (Å²) in [6.07, 6.45) is 3.55. The summed E-state index contributed by atoms with van der Waals surface area (Å²) in [4.78, 5) is 40.8. The van der Waals surface area contributed by atoms with Crippen molar-refractivity contribution in [2.75, 3.05) is 13.1 Å². The summed E-state index contributed by atoms with van der Waals surface area (Å²) in [5.74, 6) is -0.796. The van der Waals surface area contributed by atoms with Crippen molar-refractivity contribution in [2.45, 2.75) is 45.9 Å². The van der Waals surface area contributed by atoms with Crippen molar-refractivity contribution in [2.24, 2.45) is 5.92 Å². The van der Waals surface area contributed by atoms with E-state index in [1.165, 1.54) is 0 Å². The molecule has 0 bridgehead atoms. The molecule has 4 aromatic rings. The van der Waals surface area contributed by atoms with Crippen LogP contribution in [0.15, 0.2) is 108 Å². The van der Waals surface area contributed by atoms with Crippen LogP contribution in [0.3, 0.4) is 0 Å². The van der Waals surface area contributed by atoms with Gasteiger partial charge in [0, 0.05) is 25.1 Å². The van der Waals surface area contributed by atoms with Crippen LogP contribution in [0.1, 0.15) is 37.0 Å². The molecule has 1 atom stereocenters. The van der Waals surface area contributed by atoms with Gasteiger partial charge in [-0.15, -0.1) is 0 Å². The molecule has 0 saturated carbocycles. The van der Waals surface area contributed by atoms with Crippen LogP contribution in [0, 0.1) is 5.92 Å². The Labute approximate surface area is 252 Å². The number of benzene rings is 3. The number of hydrogen-bond donors (Lipinski definition) is 1. The minimum Gasteiger partial charge on any atom is -0.472 e. The number of hydrogen-bond acceptors (Lipinski definition) is 6. The summed E-state index contributed by atoms with van der Waals surface area (Å²) in [5.41, 5.74) is 4.52. The first-order valence-electron chi connectivity index (χ1n) is 14.4. The zero-order valence-corrected chi connectivity index (χ0v) is 24.6. The summed E-state index contributed by atoms with van der Waals surface area (Å²) < 4.78 is 16.2. The highest BCUT2D eigenvalue weighted by atomic mass is 16.5. The molecule has 0 unspecified atom stereocenters. The van der Waals surface area contributed by atoms with Crippen molar-refractivity contribution in [3.8, 4) is 11.1 Å². The van der Waals surface area contributed by atoms with E-state index in [2.05, 4.69) is 5.32 Å². The fourth-order valence-electron chi connectivity index (χ4n) is 4.51. The van der Waals surface area contributed by atoms with Crippen LogP contribution in [0.5, 0.6) is 0 Å². The zero-order chi connectivity index (χ0) is 30.4. The van der Waals surface area contributed by atoms with Gasteiger partial charge in [-0.3, -0.25) is 4.79 Å². The second-order valence-corrected chi connectivity index (χ2v) is 10.7. The maximum Gasteiger partial charge on any atom is 0.329 e. The van der Waals surface area contributed by atoms with Crippen LogP contribution < -0.4 is 5.32 Å². The number of esters is 2. The summed E-state index contributed by atoms with van der Waals surface area (Å²) in [7, 11) is 0. The zero-order valence-electron chi connectivity index (χ0n) is 24.6. The van der Waals surface area contributed by atoms with Crippen molar-refractivity contribution in [3.05, 3.63) is 120 Å². The second kappa shape index (κ2) is 16.0. The number of urea groups is 1. The van der Waals surface area contributed by atoms with E-state index in [0.717, 1.165) is 27.8 Å². The van der Waals surface area contributed by atoms with Crippen LogP contribution in [0.25, 0.3) is 11.1 Å². The Hall–Kier alpha value is -4.85. The maximum atomic E-state index is 13.5. The molecule has 0 spiro atoms. The molecule has 1 heterocycles. The van der Waals surface area contributed by atoms with Gasteiger partial charge in [0.05, 0.1) is 18.9 Å². The minimum absolute atomic E-state index is 0.0333. The normalized spacial score (nSPS) is 11.5. The summed E-state index contributed by atoms with van der Waals surface area (Å²) in [6, 6.07) is 27.0. The van der Waals surface area contributed by atoms with Crippen LogP contribution in [0.4, 0.5) is 4.79 Å². The largest absolute Gasteiger partial charge is 0.472 e. The minimum atomic E-state index is -0.935. The lowest BCUT2D eigenvalue weighted by atomic mass is 10.0. The molecule has 0 saturated heterocycles. The lowest BCUT2D eigenvalue weighted by Gasteiger charge is -2.27. The number of nitrogens with one attached hydrogen (secondary N) is 1. The standard InChI is InChI=1S/C35H38N2O6/c1-26(2)22-37(19-17-33(38)42-23-28-9-5-3-6-10-28)35(40)36-32(34(39)43-24-29-11-7-4-8-12-29)21-27-13-15-30(16-14-27)31-18-20-41-25-31/h3-16,18,20,25-26,32H,17,19,21-24H2,1-2H3,(H,36,40)/t32-/m0/s1. The number of rotatable bonds is 14. The third-order valence-corrected chi connectivity index (χ3v) is 6.76. The third kappa shape index (κ3) is 10.2. The predicted octanol–water partition coefficient (Wildman–Crippen LogP) is 6.40. The topological polar surface area (TPSA) is 98.1 Å². The number of carbonyl (C=O) groups is 3. The lowest BCUT2D eigenvalue weighted by molar-refractivity contribution is -0.147. The van der Waals surface area contributed by atoms with Crippen LogP contribution in [-0.2, 0) is 38.7 Å². The molecule has 43 heavy (non-hydrogen) atoms. The quantitative estimate of drug-likeness (QED) is 0.173. The molecular formula is C35H38N2O6. The number of nitrogens with zero attached hydrogens (tertiary/aromatic N) is 1. The van der Waals surface area contributed by atoms with E-state index >= 15 is 0 Å². The Kier molecular flexibility index (Phi) is 11.5. The first-order chi connectivity index (χ1) is 20.9. The highest BCUT2D eigenvalue weighted by molar-refractivity contribution is 5.84. The molecule has 3 aromatic carbocycles. The van der Waals surface area contributed by atoms with Crippen LogP contribution >= 0.6 is 0 Å². The molecule has 0 aliphatic carbocycles. The lowest BCUT2D eigenvalue weighted by Crippen LogP contribution is -2.50. The van der Waals surface area contributed by atoms with E-state index in [1.807, 2.05) is 105 Å². The van der Waals surface area contributed by atoms with Gasteiger partial charge in [0.15, 0.2) is 0 Å². The van der Waals surface area contributed by atoms with Crippen LogP contribution in [-0.4, -0.2) is 42.0 Å². The Morgan fingerprint density at radius 3 is 1.98 bits per heavy atom. The van der Waals surface area contributed by atoms with Crippen molar-refractivity contribution < 1.29 is 28.3 Å². The second-order valence-electron chi connectivity index (χ2n) is 10.7. The summed E-state index contributed by atoms with van der Waals surface area (Å²) >= 11 is 0. The molecule has 0 aliphatic rings. The predicted molar refractivity (Wildman–Crippen MR) is 164 cm³/mol. The van der Waals surface area contributed by atoms with Gasteiger partial charge in [-0.05, 0) is 34.2 Å². The van der Waals surface area contributed by atoms with E-state index in [9.17, 15) is 14.4 Å². The Bertz CT molecular complexity index is 1420. The Morgan fingerprint density at radius 1 is 0.767 bits per heavy atom. The van der Waals surface area contributed by atoms with Crippen molar-refractivity contribution >= 4 is 18.0 Å². The molecule has 0 fully saturated rings. The van der Waals surface area contributed by atoms with E-state index < -0.39 is 24.0 Å². The Balaban J connectivity index is 1.42. The first-order valence-corrected chi connectivity index (χ1v) is 14.4. The fourth-order valence-corrected chi connectivity index (χ4v) is 4.51. The van der Waals surface area contributed by atoms with Gasteiger partial charge in [0.1, 0.15) is 19.3 Å². The molecule has 0 aliphatic heterocycles. The van der Waals surface area contributed by atoms with Gasteiger partial charge in [-0.25, -0.2) is 9.59 Å². The van der Waals surface area contributed by atoms with Gasteiger partial charge in [-0.1, -0.05) is 98.8 Å². The first kappa shape index (κ1) is 31.1. The molecular weight excluding hydrogens is 544 g/mol. The monoisotopic (exact) mass is 582 g/mol. The van der Waals surface area contributed by atoms with Crippen molar-refractivity contribution in [1.82, 2.24) is 10.2 Å². The number of carbonyl (C=O) groups excluding carboxylic acids is 3. The average molecular weight is 583 g/mol. The summed E-state index contributed by atoms with van der Waals surface area (Å²) in [5, 5.41) is 2.88. The molecule has 1 aromatic heterocycles. The molecule has 4 rings (SSSR count). The molecule has 0 radical (unpaired) electrons. The number of ether oxygens (including phenoxy) is 2.